The Morgan fingerprint density at radius 3 is 2.70 bits per heavy atom. The van der Waals surface area contributed by atoms with E-state index in [4.69, 9.17) is 4.74 Å². The minimum absolute atomic E-state index is 0.0423. The van der Waals surface area contributed by atoms with Crippen molar-refractivity contribution in [1.29, 1.82) is 0 Å². The van der Waals surface area contributed by atoms with Crippen LogP contribution in [-0.4, -0.2) is 6.04 Å². The van der Waals surface area contributed by atoms with Gasteiger partial charge >= 0.3 is 0 Å². The molecule has 2 atom stereocenters. The lowest BCUT2D eigenvalue weighted by molar-refractivity contribution is 0.177. The number of para-hydroxylation sites is 2. The van der Waals surface area contributed by atoms with Gasteiger partial charge in [0.2, 0.25) is 0 Å². The number of ether oxygens (including phenoxy) is 1. The number of allylic oxidation sites excluding steroid dienone is 2. The number of fused-ring (bicyclic) bond motifs is 1. The zero-order valence-corrected chi connectivity index (χ0v) is 14.0. The van der Waals surface area contributed by atoms with E-state index in [2.05, 4.69) is 61.6 Å². The lowest BCUT2D eigenvalue weighted by atomic mass is 9.94. The molecular weight excluding hydrogens is 282 g/mol. The molecule has 2 heteroatoms. The van der Waals surface area contributed by atoms with Gasteiger partial charge in [-0.1, -0.05) is 61.9 Å². The second-order valence-corrected chi connectivity index (χ2v) is 6.13. The molecule has 0 saturated carbocycles. The Morgan fingerprint density at radius 1 is 1.04 bits per heavy atom. The number of nitrogens with one attached hydrogen (secondary N) is 1. The topological polar surface area (TPSA) is 21.3 Å². The van der Waals surface area contributed by atoms with E-state index < -0.39 is 0 Å². The SMILES string of the molecule is CCC/C=C\Cc1ccccc1C1Oc2ccccc2N[C@H]1C. The lowest BCUT2D eigenvalue weighted by Crippen LogP contribution is -2.33. The molecule has 23 heavy (non-hydrogen) atoms. The Morgan fingerprint density at radius 2 is 1.83 bits per heavy atom. The summed E-state index contributed by atoms with van der Waals surface area (Å²) in [6.07, 6.45) is 7.90. The summed E-state index contributed by atoms with van der Waals surface area (Å²) >= 11 is 0. The van der Waals surface area contributed by atoms with Crippen molar-refractivity contribution in [3.8, 4) is 5.75 Å². The predicted molar refractivity (Wildman–Crippen MR) is 97.1 cm³/mol. The largest absolute Gasteiger partial charge is 0.481 e. The lowest BCUT2D eigenvalue weighted by Gasteiger charge is -2.34. The molecule has 0 aliphatic carbocycles. The maximum absolute atomic E-state index is 6.31. The van der Waals surface area contributed by atoms with Gasteiger partial charge in [0.1, 0.15) is 11.9 Å². The van der Waals surface area contributed by atoms with Crippen LogP contribution in [0.25, 0.3) is 0 Å². The van der Waals surface area contributed by atoms with Crippen molar-refractivity contribution >= 4 is 5.69 Å². The highest BCUT2D eigenvalue weighted by molar-refractivity contribution is 5.59. The number of hydrogen-bond donors (Lipinski definition) is 1. The van der Waals surface area contributed by atoms with Gasteiger partial charge in [0.05, 0.1) is 11.7 Å². The summed E-state index contributed by atoms with van der Waals surface area (Å²) in [5.74, 6) is 0.937. The van der Waals surface area contributed by atoms with Crippen molar-refractivity contribution in [3.63, 3.8) is 0 Å². The van der Waals surface area contributed by atoms with Crippen LogP contribution in [0, 0.1) is 0 Å². The maximum atomic E-state index is 6.31. The van der Waals surface area contributed by atoms with Gasteiger partial charge in [0.25, 0.3) is 0 Å². The normalized spacial score (nSPS) is 19.9. The van der Waals surface area contributed by atoms with Crippen LogP contribution in [0.15, 0.2) is 60.7 Å². The molecule has 0 aromatic heterocycles. The van der Waals surface area contributed by atoms with Crippen LogP contribution in [0.1, 0.15) is 43.9 Å². The second-order valence-electron chi connectivity index (χ2n) is 6.13. The van der Waals surface area contributed by atoms with Gasteiger partial charge in [-0.05, 0) is 43.0 Å². The Labute approximate surface area is 139 Å². The third-order valence-corrected chi connectivity index (χ3v) is 4.30. The zero-order chi connectivity index (χ0) is 16.1. The zero-order valence-electron chi connectivity index (χ0n) is 14.0. The number of benzene rings is 2. The summed E-state index contributed by atoms with van der Waals surface area (Å²) in [4.78, 5) is 0. The summed E-state index contributed by atoms with van der Waals surface area (Å²) < 4.78 is 6.31. The third-order valence-electron chi connectivity index (χ3n) is 4.30. The standard InChI is InChI=1S/C21H25NO/c1-3-4-5-6-11-17-12-7-8-13-18(17)21-16(2)22-19-14-9-10-15-20(19)23-21/h5-10,12-16,21-22H,3-4,11H2,1-2H3/b6-5-/t16-,21?/m0/s1. The number of unbranched alkanes of at least 4 members (excludes halogenated alkanes) is 1. The van der Waals surface area contributed by atoms with Crippen LogP contribution >= 0.6 is 0 Å². The summed E-state index contributed by atoms with van der Waals surface area (Å²) in [5, 5.41) is 3.57. The first kappa shape index (κ1) is 15.7. The molecule has 0 spiro atoms. The molecule has 1 aliphatic rings. The van der Waals surface area contributed by atoms with Crippen molar-refractivity contribution in [2.45, 2.75) is 45.3 Å². The fourth-order valence-corrected chi connectivity index (χ4v) is 3.07. The van der Waals surface area contributed by atoms with E-state index in [1.54, 1.807) is 0 Å². The Balaban J connectivity index is 1.84. The van der Waals surface area contributed by atoms with Crippen molar-refractivity contribution in [2.75, 3.05) is 5.32 Å². The summed E-state index contributed by atoms with van der Waals surface area (Å²) in [6.45, 7) is 4.39. The average Bonchev–Trinajstić information content (AvgIpc) is 2.58. The minimum atomic E-state index is 0.0423. The fourth-order valence-electron chi connectivity index (χ4n) is 3.07. The molecule has 1 aliphatic heterocycles. The van der Waals surface area contributed by atoms with E-state index in [-0.39, 0.29) is 12.1 Å². The van der Waals surface area contributed by atoms with Crippen molar-refractivity contribution in [2.24, 2.45) is 0 Å². The smallest absolute Gasteiger partial charge is 0.144 e. The van der Waals surface area contributed by atoms with Crippen LogP contribution in [0.3, 0.4) is 0 Å². The molecule has 0 bridgehead atoms. The maximum Gasteiger partial charge on any atom is 0.144 e. The first-order valence-electron chi connectivity index (χ1n) is 8.54. The fraction of sp³-hybridized carbons (Fsp3) is 0.333. The second kappa shape index (κ2) is 7.36. The molecule has 0 fully saturated rings. The van der Waals surface area contributed by atoms with Gasteiger partial charge < -0.3 is 10.1 Å². The molecule has 3 rings (SSSR count). The molecule has 1 unspecified atom stereocenters. The van der Waals surface area contributed by atoms with Crippen molar-refractivity contribution < 1.29 is 4.74 Å². The van der Waals surface area contributed by atoms with Crippen molar-refractivity contribution in [3.05, 3.63) is 71.8 Å². The first-order valence-corrected chi connectivity index (χ1v) is 8.54. The number of anilines is 1. The van der Waals surface area contributed by atoms with Crippen LogP contribution < -0.4 is 10.1 Å². The molecular formula is C21H25NO. The Hall–Kier alpha value is -2.22. The molecule has 2 aromatic rings. The Kier molecular flexibility index (Phi) is 5.02. The van der Waals surface area contributed by atoms with E-state index in [0.29, 0.717) is 0 Å². The van der Waals surface area contributed by atoms with Crippen LogP contribution in [-0.2, 0) is 6.42 Å². The van der Waals surface area contributed by atoms with Crippen LogP contribution in [0.2, 0.25) is 0 Å². The molecule has 2 nitrogen and oxygen atoms in total. The molecule has 1 N–H and O–H groups in total. The molecule has 2 aromatic carbocycles. The van der Waals surface area contributed by atoms with Crippen molar-refractivity contribution in [1.82, 2.24) is 0 Å². The first-order chi connectivity index (χ1) is 11.3. The van der Waals surface area contributed by atoms with Gasteiger partial charge in [-0.15, -0.1) is 0 Å². The molecule has 0 radical (unpaired) electrons. The molecule has 0 amide bonds. The van der Waals surface area contributed by atoms with Crippen LogP contribution in [0.4, 0.5) is 5.69 Å². The number of rotatable bonds is 5. The summed E-state index contributed by atoms with van der Waals surface area (Å²) in [7, 11) is 0. The van der Waals surface area contributed by atoms with Crippen LogP contribution in [0.5, 0.6) is 5.75 Å². The van der Waals surface area contributed by atoms with E-state index in [9.17, 15) is 0 Å². The highest BCUT2D eigenvalue weighted by Crippen LogP contribution is 2.38. The summed E-state index contributed by atoms with van der Waals surface area (Å²) in [6, 6.07) is 17.0. The average molecular weight is 307 g/mol. The third kappa shape index (κ3) is 3.58. The minimum Gasteiger partial charge on any atom is -0.481 e. The predicted octanol–water partition coefficient (Wildman–Crippen LogP) is 5.52. The number of hydrogen-bond acceptors (Lipinski definition) is 2. The monoisotopic (exact) mass is 307 g/mol. The highest BCUT2D eigenvalue weighted by Gasteiger charge is 2.28. The van der Waals surface area contributed by atoms with Gasteiger partial charge in [0, 0.05) is 0 Å². The quantitative estimate of drug-likeness (QED) is 0.734. The highest BCUT2D eigenvalue weighted by atomic mass is 16.5. The molecule has 120 valence electrons. The van der Waals surface area contributed by atoms with E-state index in [0.717, 1.165) is 24.3 Å². The van der Waals surface area contributed by atoms with Gasteiger partial charge in [-0.25, -0.2) is 0 Å². The van der Waals surface area contributed by atoms with Gasteiger partial charge in [0.15, 0.2) is 0 Å². The van der Waals surface area contributed by atoms with E-state index in [1.807, 2.05) is 18.2 Å². The van der Waals surface area contributed by atoms with E-state index in [1.165, 1.54) is 17.5 Å². The van der Waals surface area contributed by atoms with Gasteiger partial charge in [-0.2, -0.15) is 0 Å². The van der Waals surface area contributed by atoms with E-state index >= 15 is 0 Å². The molecule has 1 heterocycles. The Bertz CT molecular complexity index is 677. The summed E-state index contributed by atoms with van der Waals surface area (Å²) in [5.41, 5.74) is 3.71. The molecule has 0 saturated heterocycles. The van der Waals surface area contributed by atoms with Gasteiger partial charge in [-0.3, -0.25) is 0 Å².